The van der Waals surface area contributed by atoms with Crippen LogP contribution in [0.4, 0.5) is 9.18 Å². The SMILES string of the molecule is CC(C)(C)OC(=O)NC12CC(NCCc3cccc(F)c3Cl)(C1)C2. The molecule has 4 nitrogen and oxygen atoms in total. The van der Waals surface area contributed by atoms with Gasteiger partial charge >= 0.3 is 6.09 Å². The number of hydrogen-bond acceptors (Lipinski definition) is 3. The molecule has 0 saturated heterocycles. The van der Waals surface area contributed by atoms with Crippen molar-refractivity contribution < 1.29 is 13.9 Å². The van der Waals surface area contributed by atoms with Crippen molar-refractivity contribution in [3.63, 3.8) is 0 Å². The van der Waals surface area contributed by atoms with Crippen molar-refractivity contribution in [1.82, 2.24) is 10.6 Å². The molecule has 3 saturated carbocycles. The molecule has 6 heteroatoms. The Morgan fingerprint density at radius 1 is 1.29 bits per heavy atom. The van der Waals surface area contributed by atoms with E-state index in [4.69, 9.17) is 16.3 Å². The molecule has 0 unspecified atom stereocenters. The Morgan fingerprint density at radius 2 is 1.96 bits per heavy atom. The number of alkyl carbamates (subject to hydrolysis) is 1. The fraction of sp³-hybridized carbons (Fsp3) is 0.611. The van der Waals surface area contributed by atoms with Crippen LogP contribution in [0.2, 0.25) is 5.02 Å². The molecule has 3 aliphatic rings. The monoisotopic (exact) mass is 354 g/mol. The first-order valence-electron chi connectivity index (χ1n) is 8.31. The van der Waals surface area contributed by atoms with Crippen LogP contribution in [-0.4, -0.2) is 29.3 Å². The fourth-order valence-corrected chi connectivity index (χ4v) is 4.05. The lowest BCUT2D eigenvalue weighted by Crippen LogP contribution is -2.83. The molecule has 3 aliphatic carbocycles. The number of carbonyl (C=O) groups is 1. The molecule has 1 amide bonds. The predicted octanol–water partition coefficient (Wildman–Crippen LogP) is 3.81. The summed E-state index contributed by atoms with van der Waals surface area (Å²) in [5.74, 6) is -0.375. The van der Waals surface area contributed by atoms with Crippen LogP contribution >= 0.6 is 11.6 Å². The summed E-state index contributed by atoms with van der Waals surface area (Å²) >= 11 is 5.97. The van der Waals surface area contributed by atoms with Gasteiger partial charge in [-0.25, -0.2) is 9.18 Å². The Hall–Kier alpha value is -1.33. The zero-order valence-corrected chi connectivity index (χ0v) is 15.1. The van der Waals surface area contributed by atoms with E-state index in [0.29, 0.717) is 6.42 Å². The molecule has 24 heavy (non-hydrogen) atoms. The minimum atomic E-state index is -0.478. The number of nitrogens with one attached hydrogen (secondary N) is 2. The van der Waals surface area contributed by atoms with E-state index in [1.165, 1.54) is 6.07 Å². The van der Waals surface area contributed by atoms with Crippen LogP contribution in [0.15, 0.2) is 18.2 Å². The molecular weight excluding hydrogens is 331 g/mol. The molecule has 0 radical (unpaired) electrons. The van der Waals surface area contributed by atoms with Gasteiger partial charge in [0.1, 0.15) is 11.4 Å². The zero-order chi connectivity index (χ0) is 17.6. The van der Waals surface area contributed by atoms with Crippen LogP contribution in [0.1, 0.15) is 45.6 Å². The number of hydrogen-bond donors (Lipinski definition) is 2. The average molecular weight is 355 g/mol. The van der Waals surface area contributed by atoms with Crippen molar-refractivity contribution in [3.05, 3.63) is 34.6 Å². The first kappa shape index (κ1) is 17.5. The van der Waals surface area contributed by atoms with E-state index in [1.807, 2.05) is 26.8 Å². The second-order valence-corrected chi connectivity index (χ2v) is 8.49. The minimum absolute atomic E-state index is 0.105. The molecule has 132 valence electrons. The van der Waals surface area contributed by atoms with E-state index in [1.54, 1.807) is 6.07 Å². The van der Waals surface area contributed by atoms with Gasteiger partial charge in [0.15, 0.2) is 0 Å². The summed E-state index contributed by atoms with van der Waals surface area (Å²) in [5, 5.41) is 6.73. The van der Waals surface area contributed by atoms with E-state index in [0.717, 1.165) is 31.4 Å². The standard InChI is InChI=1S/C18H24ClFN2O2/c1-16(2,3)24-15(23)22-18-9-17(10-18,11-18)21-8-7-12-5-4-6-13(20)14(12)19/h4-6,21H,7-11H2,1-3H3,(H,22,23). The molecule has 1 aromatic rings. The van der Waals surface area contributed by atoms with Crippen LogP contribution < -0.4 is 10.6 Å². The molecule has 1 aromatic carbocycles. The van der Waals surface area contributed by atoms with Crippen LogP contribution in [0.3, 0.4) is 0 Å². The topological polar surface area (TPSA) is 50.4 Å². The Bertz CT molecular complexity index is 637. The van der Waals surface area contributed by atoms with Crippen molar-refractivity contribution in [2.45, 2.75) is 63.1 Å². The van der Waals surface area contributed by atoms with Gasteiger partial charge < -0.3 is 15.4 Å². The van der Waals surface area contributed by atoms with E-state index in [9.17, 15) is 9.18 Å². The molecular formula is C18H24ClFN2O2. The Balaban J connectivity index is 1.42. The van der Waals surface area contributed by atoms with Gasteiger partial charge in [0.05, 0.1) is 5.02 Å². The fourth-order valence-electron chi connectivity index (χ4n) is 3.83. The molecule has 0 spiro atoms. The highest BCUT2D eigenvalue weighted by molar-refractivity contribution is 6.31. The Labute approximate surface area is 147 Å². The number of ether oxygens (including phenoxy) is 1. The summed E-state index contributed by atoms with van der Waals surface area (Å²) in [6.45, 7) is 6.31. The molecule has 0 aliphatic heterocycles. The summed E-state index contributed by atoms with van der Waals surface area (Å²) < 4.78 is 18.7. The van der Waals surface area contributed by atoms with E-state index < -0.39 is 5.60 Å². The van der Waals surface area contributed by atoms with Crippen LogP contribution in [0.25, 0.3) is 0 Å². The van der Waals surface area contributed by atoms with E-state index in [-0.39, 0.29) is 28.0 Å². The predicted molar refractivity (Wildman–Crippen MR) is 91.8 cm³/mol. The zero-order valence-electron chi connectivity index (χ0n) is 14.3. The molecule has 2 bridgehead atoms. The summed E-state index contributed by atoms with van der Waals surface area (Å²) in [5.41, 5.74) is 0.339. The van der Waals surface area contributed by atoms with Crippen molar-refractivity contribution in [2.24, 2.45) is 0 Å². The third kappa shape index (κ3) is 3.52. The minimum Gasteiger partial charge on any atom is -0.444 e. The molecule has 0 heterocycles. The summed E-state index contributed by atoms with van der Waals surface area (Å²) in [6.07, 6.45) is 3.08. The average Bonchev–Trinajstić information content (AvgIpc) is 2.37. The van der Waals surface area contributed by atoms with Gasteiger partial charge in [0, 0.05) is 11.1 Å². The number of amides is 1. The van der Waals surface area contributed by atoms with Crippen LogP contribution in [-0.2, 0) is 11.2 Å². The molecule has 3 fully saturated rings. The van der Waals surface area contributed by atoms with E-state index in [2.05, 4.69) is 10.6 Å². The summed E-state index contributed by atoms with van der Waals surface area (Å²) in [6, 6.07) is 4.89. The third-order valence-corrected chi connectivity index (χ3v) is 5.15. The number of benzene rings is 1. The van der Waals surface area contributed by atoms with Crippen LogP contribution in [0.5, 0.6) is 0 Å². The summed E-state index contributed by atoms with van der Waals surface area (Å²) in [4.78, 5) is 11.9. The molecule has 2 N–H and O–H groups in total. The maximum absolute atomic E-state index is 13.4. The van der Waals surface area contributed by atoms with Gasteiger partial charge in [-0.3, -0.25) is 0 Å². The number of halogens is 2. The first-order chi connectivity index (χ1) is 11.1. The van der Waals surface area contributed by atoms with Crippen molar-refractivity contribution in [3.8, 4) is 0 Å². The highest BCUT2D eigenvalue weighted by Crippen LogP contribution is 2.60. The molecule has 0 atom stereocenters. The van der Waals surface area contributed by atoms with Gasteiger partial charge in [-0.2, -0.15) is 0 Å². The first-order valence-corrected chi connectivity index (χ1v) is 8.69. The number of carbonyl (C=O) groups excluding carboxylic acids is 1. The lowest BCUT2D eigenvalue weighted by Gasteiger charge is -2.70. The maximum Gasteiger partial charge on any atom is 0.408 e. The maximum atomic E-state index is 13.4. The van der Waals surface area contributed by atoms with Gasteiger partial charge in [-0.1, -0.05) is 23.7 Å². The van der Waals surface area contributed by atoms with Gasteiger partial charge in [0.2, 0.25) is 0 Å². The highest BCUT2D eigenvalue weighted by Gasteiger charge is 2.68. The normalized spacial score (nSPS) is 27.9. The smallest absolute Gasteiger partial charge is 0.408 e. The Morgan fingerprint density at radius 3 is 2.58 bits per heavy atom. The summed E-state index contributed by atoms with van der Waals surface area (Å²) in [7, 11) is 0. The van der Waals surface area contributed by atoms with Gasteiger partial charge in [-0.15, -0.1) is 0 Å². The molecule has 4 rings (SSSR count). The van der Waals surface area contributed by atoms with Gasteiger partial charge in [0.25, 0.3) is 0 Å². The lowest BCUT2D eigenvalue weighted by molar-refractivity contribution is -0.103. The van der Waals surface area contributed by atoms with E-state index >= 15 is 0 Å². The number of rotatable bonds is 5. The Kier molecular flexibility index (Phi) is 4.29. The third-order valence-electron chi connectivity index (χ3n) is 4.72. The van der Waals surface area contributed by atoms with Crippen molar-refractivity contribution in [1.29, 1.82) is 0 Å². The van der Waals surface area contributed by atoms with Crippen molar-refractivity contribution in [2.75, 3.05) is 6.54 Å². The largest absolute Gasteiger partial charge is 0.444 e. The highest BCUT2D eigenvalue weighted by atomic mass is 35.5. The van der Waals surface area contributed by atoms with Gasteiger partial charge in [-0.05, 0) is 64.6 Å². The quantitative estimate of drug-likeness (QED) is 0.845. The lowest BCUT2D eigenvalue weighted by atomic mass is 9.44. The second-order valence-electron chi connectivity index (χ2n) is 8.11. The second kappa shape index (κ2) is 5.88. The molecule has 0 aromatic heterocycles. The van der Waals surface area contributed by atoms with Crippen molar-refractivity contribution >= 4 is 17.7 Å². The van der Waals surface area contributed by atoms with Crippen LogP contribution in [0, 0.1) is 5.82 Å².